The van der Waals surface area contributed by atoms with E-state index in [1.807, 2.05) is 19.1 Å². The molecule has 300 valence electrons. The van der Waals surface area contributed by atoms with Crippen LogP contribution in [-0.2, 0) is 26.6 Å². The van der Waals surface area contributed by atoms with Gasteiger partial charge in [0.25, 0.3) is 11.8 Å². The number of ether oxygens (including phenoxy) is 2. The van der Waals surface area contributed by atoms with Crippen molar-refractivity contribution < 1.29 is 31.5 Å². The number of carbonyl (C=O) groups is 1. The summed E-state index contributed by atoms with van der Waals surface area (Å²) in [7, 11) is -2.26. The Kier molecular flexibility index (Phi) is 10.6. The Hall–Kier alpha value is -2.77. The number of allylic oxidation sites excluding steroid dienone is 1. The number of carbonyl (C=O) groups excluding carboxylic acids is 1. The second kappa shape index (κ2) is 14.9. The number of aryl methyl sites for hydroxylation is 1. The molecule has 2 aromatic rings. The van der Waals surface area contributed by atoms with Gasteiger partial charge in [-0.25, -0.2) is 21.9 Å². The number of halogens is 3. The summed E-state index contributed by atoms with van der Waals surface area (Å²) in [5.74, 6) is -2.59. The lowest BCUT2D eigenvalue weighted by atomic mass is 9.63. The third-order valence-electron chi connectivity index (χ3n) is 14.1. The fourth-order valence-corrected chi connectivity index (χ4v) is 12.0. The highest BCUT2D eigenvalue weighted by molar-refractivity contribution is 7.90. The topological polar surface area (TPSA) is 91.4 Å². The molecule has 13 heteroatoms. The van der Waals surface area contributed by atoms with Crippen LogP contribution in [0.15, 0.2) is 48.6 Å². The second-order valence-electron chi connectivity index (χ2n) is 17.4. The number of alkyl halides is 2. The monoisotopic (exact) mass is 800 g/mol. The third-order valence-corrected chi connectivity index (χ3v) is 16.2. The molecule has 2 aromatic carbocycles. The number of anilines is 1. The molecule has 1 N–H and O–H groups in total. The molecule has 8 rings (SSSR count). The Morgan fingerprint density at radius 3 is 2.67 bits per heavy atom. The number of sulfonamides is 1. The standard InChI is InChI=1S/C42H55ClF2N4O5S/c1-28-6-4-15-41(53-3,26-47-18-19-48-17-16-42(44,45)22-34(48)24-47)36-11-8-32(36)23-49-25-40(14-5-7-30-20-33(43)10-12-35(30)40)27-54-38-13-9-31(21-37(38)49)39(50)46-55(51,52)29(28)2/h4,9-10,12-13,15,20-21,28-29,32,34,36H,5-8,11,14,16-19,22-27H2,1-3H3,(H,46,50)/b15-4+/t28-,29+,32-,34+,36+,40-,41-/m0/s1. The van der Waals surface area contributed by atoms with Crippen LogP contribution in [-0.4, -0.2) is 106 Å². The SMILES string of the molecule is CO[C@]1(CN2CCN3CCC(F)(F)C[C@@H]3C2)/C=C/C[C@H](C)[C@@H](C)S(=O)(=O)NC(=O)c2ccc3c(c2)N(C[C@@H]2CC[C@H]21)C[C@@]1(CCCc2cc(Cl)ccc21)CO3. The Balaban J connectivity index is 1.18. The molecule has 1 amide bonds. The number of hydrogen-bond acceptors (Lipinski definition) is 8. The average molecular weight is 801 g/mol. The van der Waals surface area contributed by atoms with Crippen molar-refractivity contribution in [1.29, 1.82) is 0 Å². The van der Waals surface area contributed by atoms with E-state index in [1.54, 1.807) is 32.2 Å². The molecule has 4 heterocycles. The first-order chi connectivity index (χ1) is 26.2. The molecule has 3 fully saturated rings. The zero-order valence-corrected chi connectivity index (χ0v) is 33.8. The minimum Gasteiger partial charge on any atom is -0.490 e. The van der Waals surface area contributed by atoms with E-state index in [9.17, 15) is 22.0 Å². The van der Waals surface area contributed by atoms with Gasteiger partial charge in [0, 0.05) is 87.8 Å². The van der Waals surface area contributed by atoms with Gasteiger partial charge in [0.1, 0.15) is 11.4 Å². The molecule has 9 nitrogen and oxygen atoms in total. The van der Waals surface area contributed by atoms with Crippen LogP contribution < -0.4 is 14.4 Å². The van der Waals surface area contributed by atoms with Gasteiger partial charge in [0.2, 0.25) is 10.0 Å². The van der Waals surface area contributed by atoms with Crippen molar-refractivity contribution in [2.24, 2.45) is 17.8 Å². The molecule has 55 heavy (non-hydrogen) atoms. The lowest BCUT2D eigenvalue weighted by Crippen LogP contribution is -2.62. The fourth-order valence-electron chi connectivity index (χ4n) is 10.5. The normalized spacial score (nSPS) is 35.6. The molecule has 7 atom stereocenters. The maximum absolute atomic E-state index is 14.6. The fraction of sp³-hybridized carbons (Fsp3) is 0.643. The number of nitrogens with one attached hydrogen (secondary N) is 1. The van der Waals surface area contributed by atoms with Crippen molar-refractivity contribution in [3.05, 3.63) is 70.3 Å². The number of rotatable bonds is 3. The van der Waals surface area contributed by atoms with Crippen LogP contribution in [0.1, 0.15) is 80.3 Å². The van der Waals surface area contributed by atoms with Crippen LogP contribution in [0, 0.1) is 17.8 Å². The molecule has 1 spiro atoms. The van der Waals surface area contributed by atoms with E-state index in [4.69, 9.17) is 21.1 Å². The number of hydrogen-bond donors (Lipinski definition) is 1. The summed E-state index contributed by atoms with van der Waals surface area (Å²) >= 11 is 6.49. The molecule has 0 radical (unpaired) electrons. The van der Waals surface area contributed by atoms with Gasteiger partial charge in [-0.15, -0.1) is 0 Å². The Labute approximate surface area is 329 Å². The molecule has 2 aliphatic carbocycles. The van der Waals surface area contributed by atoms with Crippen molar-refractivity contribution in [3.63, 3.8) is 0 Å². The number of fused-ring (bicyclic) bond motifs is 5. The summed E-state index contributed by atoms with van der Waals surface area (Å²) in [6.45, 7) is 8.40. The van der Waals surface area contributed by atoms with Gasteiger partial charge in [-0.3, -0.25) is 14.6 Å². The molecule has 1 saturated carbocycles. The molecular weight excluding hydrogens is 746 g/mol. The Bertz CT molecular complexity index is 1930. The van der Waals surface area contributed by atoms with E-state index >= 15 is 0 Å². The maximum atomic E-state index is 14.6. The number of piperidine rings is 1. The maximum Gasteiger partial charge on any atom is 0.264 e. The van der Waals surface area contributed by atoms with E-state index in [0.29, 0.717) is 56.5 Å². The van der Waals surface area contributed by atoms with Gasteiger partial charge in [0.15, 0.2) is 0 Å². The smallest absolute Gasteiger partial charge is 0.264 e. The van der Waals surface area contributed by atoms with Gasteiger partial charge in [-0.1, -0.05) is 36.7 Å². The number of piperazine rings is 1. The zero-order chi connectivity index (χ0) is 38.8. The van der Waals surface area contributed by atoms with Crippen LogP contribution in [0.4, 0.5) is 14.5 Å². The van der Waals surface area contributed by atoms with Gasteiger partial charge < -0.3 is 14.4 Å². The molecule has 2 saturated heterocycles. The highest BCUT2D eigenvalue weighted by Crippen LogP contribution is 2.49. The minimum absolute atomic E-state index is 0.0826. The first-order valence-electron chi connectivity index (χ1n) is 20.1. The lowest BCUT2D eigenvalue weighted by molar-refractivity contribution is -0.119. The first kappa shape index (κ1) is 39.1. The molecule has 2 bridgehead atoms. The van der Waals surface area contributed by atoms with E-state index in [0.717, 1.165) is 50.9 Å². The Morgan fingerprint density at radius 2 is 1.89 bits per heavy atom. The van der Waals surface area contributed by atoms with Crippen LogP contribution in [0.5, 0.6) is 5.75 Å². The van der Waals surface area contributed by atoms with Crippen LogP contribution in [0.3, 0.4) is 0 Å². The van der Waals surface area contributed by atoms with Crippen LogP contribution >= 0.6 is 11.6 Å². The highest BCUT2D eigenvalue weighted by atomic mass is 35.5. The van der Waals surface area contributed by atoms with Gasteiger partial charge in [-0.2, -0.15) is 0 Å². The molecule has 0 aromatic heterocycles. The highest BCUT2D eigenvalue weighted by Gasteiger charge is 2.51. The summed E-state index contributed by atoms with van der Waals surface area (Å²) in [5, 5.41) is -0.128. The number of nitrogens with zero attached hydrogens (tertiary/aromatic N) is 3. The number of methoxy groups -OCH3 is 1. The first-order valence-corrected chi connectivity index (χ1v) is 22.1. The van der Waals surface area contributed by atoms with E-state index in [1.165, 1.54) is 11.1 Å². The van der Waals surface area contributed by atoms with Crippen LogP contribution in [0.2, 0.25) is 5.02 Å². The third kappa shape index (κ3) is 7.55. The molecule has 6 aliphatic rings. The predicted octanol–water partition coefficient (Wildman–Crippen LogP) is 6.68. The largest absolute Gasteiger partial charge is 0.490 e. The van der Waals surface area contributed by atoms with E-state index < -0.39 is 32.7 Å². The van der Waals surface area contributed by atoms with Crippen molar-refractivity contribution in [1.82, 2.24) is 14.5 Å². The summed E-state index contributed by atoms with van der Waals surface area (Å²) in [4.78, 5) is 20.6. The van der Waals surface area contributed by atoms with Crippen LogP contribution in [0.25, 0.3) is 0 Å². The van der Waals surface area contributed by atoms with Crippen molar-refractivity contribution >= 4 is 33.2 Å². The van der Waals surface area contributed by atoms with E-state index in [-0.39, 0.29) is 47.6 Å². The van der Waals surface area contributed by atoms with Crippen molar-refractivity contribution in [2.45, 2.75) is 93.4 Å². The Morgan fingerprint density at radius 1 is 1.05 bits per heavy atom. The second-order valence-corrected chi connectivity index (χ2v) is 19.9. The minimum atomic E-state index is -4.02. The van der Waals surface area contributed by atoms with Gasteiger partial charge in [0.05, 0.1) is 17.5 Å². The summed E-state index contributed by atoms with van der Waals surface area (Å²) in [6.07, 6.45) is 9.25. The number of benzene rings is 2. The van der Waals surface area contributed by atoms with E-state index in [2.05, 4.69) is 37.6 Å². The summed E-state index contributed by atoms with van der Waals surface area (Å²) in [5.41, 5.74) is 2.47. The summed E-state index contributed by atoms with van der Waals surface area (Å²) in [6, 6.07) is 11.2. The zero-order valence-electron chi connectivity index (χ0n) is 32.2. The predicted molar refractivity (Wildman–Crippen MR) is 211 cm³/mol. The van der Waals surface area contributed by atoms with Gasteiger partial charge >= 0.3 is 0 Å². The molecule has 4 aliphatic heterocycles. The molecular formula is C42H55ClF2N4O5S. The average Bonchev–Trinajstić information content (AvgIpc) is 3.28. The summed E-state index contributed by atoms with van der Waals surface area (Å²) < 4.78 is 72.2. The van der Waals surface area contributed by atoms with Gasteiger partial charge in [-0.05, 0) is 105 Å². The lowest BCUT2D eigenvalue weighted by Gasteiger charge is -2.53. The molecule has 0 unspecified atom stereocenters. The number of amides is 1. The quantitative estimate of drug-likeness (QED) is 0.344. The van der Waals surface area contributed by atoms with Crippen molar-refractivity contribution in [3.8, 4) is 5.75 Å². The van der Waals surface area contributed by atoms with Crippen molar-refractivity contribution in [2.75, 3.05) is 64.4 Å².